The van der Waals surface area contributed by atoms with Crippen molar-refractivity contribution < 1.29 is 5.11 Å². The monoisotopic (exact) mass is 276 g/mol. The number of nitrogen functional groups attached to an aromatic ring is 1. The zero-order valence-electron chi connectivity index (χ0n) is 12.3. The Balaban J connectivity index is 2.51. The first kappa shape index (κ1) is 14.8. The average molecular weight is 276 g/mol. The lowest BCUT2D eigenvalue weighted by molar-refractivity contribution is 0.298. The van der Waals surface area contributed by atoms with Crippen LogP contribution >= 0.6 is 0 Å². The molecule has 1 heterocycles. The molecule has 0 saturated heterocycles. The summed E-state index contributed by atoms with van der Waals surface area (Å²) < 4.78 is 0. The molecule has 0 fully saturated rings. The second kappa shape index (κ2) is 6.22. The number of nitrogens with one attached hydrogen (secondary N) is 1. The molecule has 0 spiro atoms. The van der Waals surface area contributed by atoms with E-state index in [-0.39, 0.29) is 18.5 Å². The van der Waals surface area contributed by atoms with Gasteiger partial charge in [-0.25, -0.2) is 4.98 Å². The number of pyridine rings is 1. The van der Waals surface area contributed by atoms with E-state index in [0.717, 1.165) is 24.4 Å². The molecule has 110 valence electrons. The molecular weight excluding hydrogens is 252 g/mol. The second-order valence-corrected chi connectivity index (χ2v) is 5.60. The van der Waals surface area contributed by atoms with Crippen LogP contribution in [-0.2, 0) is 12.8 Å². The Morgan fingerprint density at radius 1 is 1.45 bits per heavy atom. The molecule has 0 atom stereocenters. The molecule has 4 N–H and O–H groups in total. The number of aliphatic hydroxyl groups excluding tert-OH is 1. The van der Waals surface area contributed by atoms with Gasteiger partial charge in [-0.1, -0.05) is 0 Å². The zero-order valence-corrected chi connectivity index (χ0v) is 12.3. The first-order chi connectivity index (χ1) is 9.54. The van der Waals surface area contributed by atoms with Gasteiger partial charge >= 0.3 is 0 Å². The van der Waals surface area contributed by atoms with Crippen molar-refractivity contribution in [2.45, 2.75) is 45.6 Å². The van der Waals surface area contributed by atoms with Crippen LogP contribution < -0.4 is 10.6 Å². The smallest absolute Gasteiger partial charge is 0.140 e. The summed E-state index contributed by atoms with van der Waals surface area (Å²) in [5.41, 5.74) is 8.77. The number of aryl methyl sites for hydroxylation is 2. The Morgan fingerprint density at radius 3 is 2.75 bits per heavy atom. The predicted octanol–water partition coefficient (Wildman–Crippen LogP) is 1.45. The topological polar surface area (TPSA) is 86.2 Å². The van der Waals surface area contributed by atoms with E-state index >= 15 is 0 Å². The van der Waals surface area contributed by atoms with Crippen molar-refractivity contribution in [3.63, 3.8) is 0 Å². The molecule has 1 aliphatic carbocycles. The molecule has 20 heavy (non-hydrogen) atoms. The van der Waals surface area contributed by atoms with Gasteiger partial charge in [0.05, 0.1) is 12.2 Å². The fraction of sp³-hybridized carbons (Fsp3) is 0.600. The van der Waals surface area contributed by atoms with Gasteiger partial charge in [0.2, 0.25) is 0 Å². The number of hydrogen-bond acceptors (Lipinski definition) is 4. The molecule has 0 amide bonds. The van der Waals surface area contributed by atoms with Gasteiger partial charge in [-0.2, -0.15) is 0 Å². The highest BCUT2D eigenvalue weighted by atomic mass is 16.3. The van der Waals surface area contributed by atoms with E-state index in [4.69, 9.17) is 16.1 Å². The molecule has 1 aliphatic rings. The summed E-state index contributed by atoms with van der Waals surface area (Å²) in [7, 11) is 0. The van der Waals surface area contributed by atoms with Crippen molar-refractivity contribution in [1.29, 1.82) is 5.41 Å². The van der Waals surface area contributed by atoms with Crippen molar-refractivity contribution in [2.24, 2.45) is 5.73 Å². The Kier molecular flexibility index (Phi) is 4.60. The minimum absolute atomic E-state index is 0.0458. The molecule has 0 saturated carbocycles. The molecule has 0 aliphatic heterocycles. The van der Waals surface area contributed by atoms with E-state index in [9.17, 15) is 5.11 Å². The predicted molar refractivity (Wildman–Crippen MR) is 81.5 cm³/mol. The van der Waals surface area contributed by atoms with Gasteiger partial charge in [0.1, 0.15) is 11.7 Å². The fourth-order valence-electron chi connectivity index (χ4n) is 2.76. The lowest BCUT2D eigenvalue weighted by Crippen LogP contribution is -2.36. The lowest BCUT2D eigenvalue weighted by atomic mass is 9.94. The summed E-state index contributed by atoms with van der Waals surface area (Å²) in [6, 6.07) is 2.22. The quantitative estimate of drug-likeness (QED) is 0.561. The van der Waals surface area contributed by atoms with E-state index in [0.29, 0.717) is 12.1 Å². The highest BCUT2D eigenvalue weighted by molar-refractivity contribution is 6.00. The van der Waals surface area contributed by atoms with E-state index in [1.165, 1.54) is 18.4 Å². The second-order valence-electron chi connectivity index (χ2n) is 5.60. The molecular formula is C15H24N4O. The number of nitrogens with two attached hydrogens (primary N) is 1. The first-order valence-corrected chi connectivity index (χ1v) is 7.29. The lowest BCUT2D eigenvalue weighted by Gasteiger charge is -2.30. The van der Waals surface area contributed by atoms with E-state index in [2.05, 4.69) is 13.8 Å². The molecule has 0 aromatic carbocycles. The van der Waals surface area contributed by atoms with Crippen molar-refractivity contribution >= 4 is 11.7 Å². The number of anilines is 1. The van der Waals surface area contributed by atoms with Gasteiger partial charge in [0.25, 0.3) is 0 Å². The summed E-state index contributed by atoms with van der Waals surface area (Å²) in [6.07, 6.45) is 4.35. The minimum Gasteiger partial charge on any atom is -0.395 e. The number of fused-ring (bicyclic) bond motifs is 1. The molecule has 0 bridgehead atoms. The standard InChI is InChI=1S/C15H24N4O/c1-10(2)19(7-8-20)15-12(14(16)17)9-11-5-3-4-6-13(11)18-15/h9-10,20H,3-8H2,1-2H3,(H3,16,17). The first-order valence-electron chi connectivity index (χ1n) is 7.29. The zero-order chi connectivity index (χ0) is 14.7. The maximum atomic E-state index is 9.26. The number of aromatic nitrogens is 1. The van der Waals surface area contributed by atoms with Crippen LogP contribution in [0.5, 0.6) is 0 Å². The maximum absolute atomic E-state index is 9.26. The van der Waals surface area contributed by atoms with Crippen molar-refractivity contribution in [3.8, 4) is 0 Å². The van der Waals surface area contributed by atoms with Gasteiger partial charge in [-0.15, -0.1) is 0 Å². The van der Waals surface area contributed by atoms with Crippen molar-refractivity contribution in [1.82, 2.24) is 4.98 Å². The van der Waals surface area contributed by atoms with Crippen LogP contribution in [0.3, 0.4) is 0 Å². The molecule has 1 aromatic rings. The third-order valence-electron chi connectivity index (χ3n) is 3.81. The van der Waals surface area contributed by atoms with Crippen LogP contribution in [0.15, 0.2) is 6.07 Å². The van der Waals surface area contributed by atoms with Gasteiger partial charge < -0.3 is 15.7 Å². The van der Waals surface area contributed by atoms with Crippen LogP contribution in [0.25, 0.3) is 0 Å². The van der Waals surface area contributed by atoms with Gasteiger partial charge in [-0.05, 0) is 51.2 Å². The number of rotatable bonds is 5. The maximum Gasteiger partial charge on any atom is 0.140 e. The SMILES string of the molecule is CC(C)N(CCO)c1nc2c(cc1C(=N)N)CCCC2. The van der Waals surface area contributed by atoms with Gasteiger partial charge in [-0.3, -0.25) is 5.41 Å². The van der Waals surface area contributed by atoms with Crippen LogP contribution in [0, 0.1) is 5.41 Å². The number of nitrogens with zero attached hydrogens (tertiary/aromatic N) is 2. The normalized spacial score (nSPS) is 14.2. The summed E-state index contributed by atoms with van der Waals surface area (Å²) in [6.45, 7) is 4.68. The third kappa shape index (κ3) is 2.93. The summed E-state index contributed by atoms with van der Waals surface area (Å²) in [5.74, 6) is 0.784. The van der Waals surface area contributed by atoms with Crippen LogP contribution in [0.2, 0.25) is 0 Å². The molecule has 0 unspecified atom stereocenters. The van der Waals surface area contributed by atoms with Crippen molar-refractivity contribution in [3.05, 3.63) is 22.9 Å². The Labute approximate surface area is 120 Å². The highest BCUT2D eigenvalue weighted by Crippen LogP contribution is 2.27. The van der Waals surface area contributed by atoms with Gasteiger partial charge in [0, 0.05) is 18.3 Å². The molecule has 0 radical (unpaired) electrons. The van der Waals surface area contributed by atoms with Crippen molar-refractivity contribution in [2.75, 3.05) is 18.1 Å². The molecule has 5 nitrogen and oxygen atoms in total. The Hall–Kier alpha value is -1.62. The van der Waals surface area contributed by atoms with Crippen LogP contribution in [-0.4, -0.2) is 35.1 Å². The Bertz CT molecular complexity index is 499. The Morgan fingerprint density at radius 2 is 2.15 bits per heavy atom. The number of hydrogen-bond donors (Lipinski definition) is 3. The minimum atomic E-state index is 0.0458. The summed E-state index contributed by atoms with van der Waals surface area (Å²) in [4.78, 5) is 6.79. The van der Waals surface area contributed by atoms with Crippen LogP contribution in [0.4, 0.5) is 5.82 Å². The largest absolute Gasteiger partial charge is 0.395 e. The summed E-state index contributed by atoms with van der Waals surface area (Å²) in [5, 5.41) is 17.1. The van der Waals surface area contributed by atoms with E-state index < -0.39 is 0 Å². The highest BCUT2D eigenvalue weighted by Gasteiger charge is 2.21. The van der Waals surface area contributed by atoms with E-state index in [1.54, 1.807) is 0 Å². The summed E-state index contributed by atoms with van der Waals surface area (Å²) >= 11 is 0. The van der Waals surface area contributed by atoms with E-state index in [1.807, 2.05) is 11.0 Å². The average Bonchev–Trinajstić information content (AvgIpc) is 2.43. The third-order valence-corrected chi connectivity index (χ3v) is 3.81. The molecule has 2 rings (SSSR count). The molecule has 1 aromatic heterocycles. The fourth-order valence-corrected chi connectivity index (χ4v) is 2.76. The number of aliphatic hydroxyl groups is 1. The molecule has 5 heteroatoms. The van der Waals surface area contributed by atoms with Gasteiger partial charge in [0.15, 0.2) is 0 Å². The van der Waals surface area contributed by atoms with Crippen LogP contribution in [0.1, 0.15) is 43.5 Å². The number of amidine groups is 1.